The van der Waals surface area contributed by atoms with Crippen molar-refractivity contribution < 1.29 is 5.11 Å². The van der Waals surface area contributed by atoms with Gasteiger partial charge in [-0.2, -0.15) is 0 Å². The second kappa shape index (κ2) is 6.43. The number of piperidine rings is 1. The van der Waals surface area contributed by atoms with Gasteiger partial charge in [-0.15, -0.1) is 5.10 Å². The summed E-state index contributed by atoms with van der Waals surface area (Å²) in [5, 5.41) is 22.1. The van der Waals surface area contributed by atoms with E-state index in [9.17, 15) is 5.11 Å². The van der Waals surface area contributed by atoms with Crippen molar-refractivity contribution in [1.82, 2.24) is 20.5 Å². The third-order valence-electron chi connectivity index (χ3n) is 5.93. The maximum atomic E-state index is 9.79. The Morgan fingerprint density at radius 3 is 2.70 bits per heavy atom. The molecule has 1 saturated heterocycles. The molecule has 1 fully saturated rings. The Bertz CT molecular complexity index is 1120. The molecule has 0 spiro atoms. The van der Waals surface area contributed by atoms with Crippen LogP contribution in [0.5, 0.6) is 5.88 Å². The van der Waals surface area contributed by atoms with E-state index in [2.05, 4.69) is 57.8 Å². The number of aryl methyl sites for hydroxylation is 1. The first-order valence-electron chi connectivity index (χ1n) is 9.77. The zero-order valence-electron chi connectivity index (χ0n) is 15.5. The first-order chi connectivity index (χ1) is 13.2. The molecular formula is C22H24N4O. The summed E-state index contributed by atoms with van der Waals surface area (Å²) in [6.45, 7) is 4.43. The second-order valence-corrected chi connectivity index (χ2v) is 7.47. The third-order valence-corrected chi connectivity index (χ3v) is 5.93. The number of hydrogen-bond acceptors (Lipinski definition) is 3. The summed E-state index contributed by atoms with van der Waals surface area (Å²) in [5.41, 5.74) is 7.11. The van der Waals surface area contributed by atoms with Gasteiger partial charge in [0.1, 0.15) is 0 Å². The van der Waals surface area contributed by atoms with Crippen LogP contribution in [0.2, 0.25) is 0 Å². The lowest BCUT2D eigenvalue weighted by Gasteiger charge is -2.23. The summed E-state index contributed by atoms with van der Waals surface area (Å²) < 4.78 is 0. The molecule has 0 aliphatic carbocycles. The summed E-state index contributed by atoms with van der Waals surface area (Å²) in [5.74, 6) is 0.707. The predicted octanol–water partition coefficient (Wildman–Crippen LogP) is 4.45. The fraction of sp³-hybridized carbons (Fsp3) is 0.318. The number of aromatic nitrogens is 3. The predicted molar refractivity (Wildman–Crippen MR) is 109 cm³/mol. The van der Waals surface area contributed by atoms with Crippen molar-refractivity contribution in [2.24, 2.45) is 0 Å². The lowest BCUT2D eigenvalue weighted by Crippen LogP contribution is -2.26. The first-order valence-corrected chi connectivity index (χ1v) is 9.77. The molecule has 4 aromatic rings. The first kappa shape index (κ1) is 16.4. The number of H-pyrrole nitrogens is 2. The van der Waals surface area contributed by atoms with E-state index in [1.54, 1.807) is 0 Å². The Morgan fingerprint density at radius 2 is 1.89 bits per heavy atom. The van der Waals surface area contributed by atoms with Crippen molar-refractivity contribution in [3.63, 3.8) is 0 Å². The van der Waals surface area contributed by atoms with E-state index in [4.69, 9.17) is 0 Å². The Labute approximate surface area is 157 Å². The second-order valence-electron chi connectivity index (χ2n) is 7.47. The SMILES string of the molecule is CCc1c(-c2ccc3c(O)n[nH]c3c2)[nH]c2ccc(C3CCNCC3)cc12. The summed E-state index contributed by atoms with van der Waals surface area (Å²) >= 11 is 0. The van der Waals surface area contributed by atoms with Crippen molar-refractivity contribution in [2.45, 2.75) is 32.1 Å². The van der Waals surface area contributed by atoms with Gasteiger partial charge in [0.2, 0.25) is 5.88 Å². The quantitative estimate of drug-likeness (QED) is 0.436. The van der Waals surface area contributed by atoms with Crippen LogP contribution < -0.4 is 5.32 Å². The number of aromatic hydroxyl groups is 1. The molecule has 0 atom stereocenters. The minimum atomic E-state index is 0.0514. The molecule has 138 valence electrons. The number of nitrogens with one attached hydrogen (secondary N) is 3. The van der Waals surface area contributed by atoms with Crippen molar-refractivity contribution in [1.29, 1.82) is 0 Å². The maximum absolute atomic E-state index is 9.79. The average molecular weight is 360 g/mol. The topological polar surface area (TPSA) is 76.7 Å². The number of nitrogens with zero attached hydrogens (tertiary/aromatic N) is 1. The van der Waals surface area contributed by atoms with Gasteiger partial charge < -0.3 is 15.4 Å². The number of rotatable bonds is 3. The molecule has 0 radical (unpaired) electrons. The molecule has 0 saturated carbocycles. The number of benzene rings is 2. The molecule has 0 unspecified atom stereocenters. The van der Waals surface area contributed by atoms with Crippen molar-refractivity contribution in [2.75, 3.05) is 13.1 Å². The van der Waals surface area contributed by atoms with Gasteiger partial charge in [0, 0.05) is 22.2 Å². The van der Waals surface area contributed by atoms with Crippen LogP contribution in [0.15, 0.2) is 36.4 Å². The minimum Gasteiger partial charge on any atom is -0.492 e. The van der Waals surface area contributed by atoms with E-state index >= 15 is 0 Å². The van der Waals surface area contributed by atoms with Gasteiger partial charge in [-0.25, -0.2) is 0 Å². The lowest BCUT2D eigenvalue weighted by atomic mass is 9.89. The van der Waals surface area contributed by atoms with Gasteiger partial charge in [-0.05, 0) is 73.7 Å². The molecule has 5 nitrogen and oxygen atoms in total. The number of hydrogen-bond donors (Lipinski definition) is 4. The van der Waals surface area contributed by atoms with E-state index in [0.717, 1.165) is 41.7 Å². The van der Waals surface area contributed by atoms with Gasteiger partial charge in [0.15, 0.2) is 0 Å². The smallest absolute Gasteiger partial charge is 0.238 e. The summed E-state index contributed by atoms with van der Waals surface area (Å²) in [7, 11) is 0. The van der Waals surface area contributed by atoms with Crippen LogP contribution in [-0.2, 0) is 6.42 Å². The average Bonchev–Trinajstić information content (AvgIpc) is 3.28. The largest absolute Gasteiger partial charge is 0.492 e. The van der Waals surface area contributed by atoms with Crippen molar-refractivity contribution >= 4 is 21.8 Å². The highest BCUT2D eigenvalue weighted by Gasteiger charge is 2.18. The highest BCUT2D eigenvalue weighted by molar-refractivity contribution is 5.94. The van der Waals surface area contributed by atoms with Crippen LogP contribution in [0, 0.1) is 0 Å². The molecule has 1 aliphatic heterocycles. The lowest BCUT2D eigenvalue weighted by molar-refractivity contribution is 0.457. The molecule has 3 heterocycles. The standard InChI is InChI=1S/C22H24N4O/c1-2-16-18-11-14(13-7-9-23-10-8-13)4-6-19(18)24-21(16)15-3-5-17-20(12-15)25-26-22(17)27/h3-6,11-13,23-24H,2,7-10H2,1H3,(H2,25,26,27). The molecule has 4 N–H and O–H groups in total. The fourth-order valence-electron chi connectivity index (χ4n) is 4.45. The van der Waals surface area contributed by atoms with E-state index in [1.165, 1.54) is 34.9 Å². The number of aromatic amines is 2. The fourth-order valence-corrected chi connectivity index (χ4v) is 4.45. The highest BCUT2D eigenvalue weighted by Crippen LogP contribution is 2.35. The Balaban J connectivity index is 1.62. The highest BCUT2D eigenvalue weighted by atomic mass is 16.3. The summed E-state index contributed by atoms with van der Waals surface area (Å²) in [6.07, 6.45) is 3.39. The zero-order valence-corrected chi connectivity index (χ0v) is 15.5. The molecule has 5 rings (SSSR count). The van der Waals surface area contributed by atoms with Gasteiger partial charge in [-0.1, -0.05) is 19.1 Å². The van der Waals surface area contributed by atoms with E-state index < -0.39 is 0 Å². The Morgan fingerprint density at radius 1 is 1.04 bits per heavy atom. The number of fused-ring (bicyclic) bond motifs is 2. The minimum absolute atomic E-state index is 0.0514. The Kier molecular flexibility index (Phi) is 3.90. The van der Waals surface area contributed by atoms with Gasteiger partial charge in [0.25, 0.3) is 0 Å². The molecule has 5 heteroatoms. The Hall–Kier alpha value is -2.79. The van der Waals surface area contributed by atoms with Crippen LogP contribution in [0.1, 0.15) is 36.8 Å². The van der Waals surface area contributed by atoms with Crippen LogP contribution in [-0.4, -0.2) is 33.4 Å². The molecule has 27 heavy (non-hydrogen) atoms. The van der Waals surface area contributed by atoms with Gasteiger partial charge >= 0.3 is 0 Å². The van der Waals surface area contributed by atoms with Crippen molar-refractivity contribution in [3.8, 4) is 17.1 Å². The van der Waals surface area contributed by atoms with Crippen LogP contribution >= 0.6 is 0 Å². The molecule has 0 amide bonds. The van der Waals surface area contributed by atoms with E-state index in [1.807, 2.05) is 6.07 Å². The maximum Gasteiger partial charge on any atom is 0.238 e. The van der Waals surface area contributed by atoms with E-state index in [0.29, 0.717) is 5.92 Å². The molecule has 0 bridgehead atoms. The van der Waals surface area contributed by atoms with Gasteiger partial charge in [-0.3, -0.25) is 5.10 Å². The molecule has 1 aliphatic rings. The van der Waals surface area contributed by atoms with E-state index in [-0.39, 0.29) is 5.88 Å². The molecular weight excluding hydrogens is 336 g/mol. The normalized spacial score (nSPS) is 15.7. The molecule has 2 aromatic heterocycles. The third kappa shape index (κ3) is 2.70. The van der Waals surface area contributed by atoms with Gasteiger partial charge in [0.05, 0.1) is 10.9 Å². The monoisotopic (exact) mass is 360 g/mol. The zero-order chi connectivity index (χ0) is 18.4. The molecule has 2 aromatic carbocycles. The van der Waals surface area contributed by atoms with Crippen LogP contribution in [0.25, 0.3) is 33.1 Å². The summed E-state index contributed by atoms with van der Waals surface area (Å²) in [4.78, 5) is 3.62. The van der Waals surface area contributed by atoms with Crippen LogP contribution in [0.4, 0.5) is 0 Å². The van der Waals surface area contributed by atoms with Crippen molar-refractivity contribution in [3.05, 3.63) is 47.5 Å². The van der Waals surface area contributed by atoms with Crippen LogP contribution in [0.3, 0.4) is 0 Å². The summed E-state index contributed by atoms with van der Waals surface area (Å²) in [6, 6.07) is 12.9.